The third kappa shape index (κ3) is 3.36. The van der Waals surface area contributed by atoms with Gasteiger partial charge in [-0.15, -0.1) is 11.6 Å². The molecule has 1 aromatic rings. The summed E-state index contributed by atoms with van der Waals surface area (Å²) in [6.45, 7) is 1.89. The SMILES string of the molecule is COc1ccc(CNCC2(CCl)CC2)cc1Br. The summed E-state index contributed by atoms with van der Waals surface area (Å²) in [7, 11) is 1.68. The van der Waals surface area contributed by atoms with Crippen LogP contribution >= 0.6 is 27.5 Å². The Morgan fingerprint density at radius 1 is 1.47 bits per heavy atom. The minimum absolute atomic E-state index is 0.380. The zero-order valence-electron chi connectivity index (χ0n) is 9.93. The molecule has 0 radical (unpaired) electrons. The second-order valence-corrected chi connectivity index (χ2v) is 5.83. The summed E-state index contributed by atoms with van der Waals surface area (Å²) in [6.07, 6.45) is 2.52. The normalized spacial score (nSPS) is 16.9. The van der Waals surface area contributed by atoms with E-state index in [1.54, 1.807) is 7.11 Å². The fraction of sp³-hybridized carbons (Fsp3) is 0.538. The Balaban J connectivity index is 1.85. The maximum atomic E-state index is 5.94. The van der Waals surface area contributed by atoms with E-state index in [0.717, 1.165) is 29.2 Å². The van der Waals surface area contributed by atoms with E-state index >= 15 is 0 Å². The number of halogens is 2. The molecule has 0 aromatic heterocycles. The summed E-state index contributed by atoms with van der Waals surface area (Å²) in [5.74, 6) is 1.64. The van der Waals surface area contributed by atoms with E-state index in [4.69, 9.17) is 16.3 Å². The summed E-state index contributed by atoms with van der Waals surface area (Å²) in [4.78, 5) is 0. The summed E-state index contributed by atoms with van der Waals surface area (Å²) < 4.78 is 6.20. The van der Waals surface area contributed by atoms with Gasteiger partial charge in [0, 0.05) is 19.0 Å². The van der Waals surface area contributed by atoms with Crippen LogP contribution in [-0.2, 0) is 6.54 Å². The van der Waals surface area contributed by atoms with Crippen molar-refractivity contribution in [3.05, 3.63) is 28.2 Å². The minimum atomic E-state index is 0.380. The molecule has 0 amide bonds. The monoisotopic (exact) mass is 317 g/mol. The summed E-state index contributed by atoms with van der Waals surface area (Å²) >= 11 is 9.43. The molecule has 1 aromatic carbocycles. The molecule has 0 spiro atoms. The van der Waals surface area contributed by atoms with Crippen LogP contribution in [0.4, 0.5) is 0 Å². The van der Waals surface area contributed by atoms with E-state index in [0.29, 0.717) is 5.41 Å². The van der Waals surface area contributed by atoms with Crippen molar-refractivity contribution in [3.8, 4) is 5.75 Å². The van der Waals surface area contributed by atoms with Crippen LogP contribution in [0.15, 0.2) is 22.7 Å². The molecule has 1 saturated carbocycles. The molecular formula is C13H17BrClNO. The van der Waals surface area contributed by atoms with Gasteiger partial charge in [0.25, 0.3) is 0 Å². The van der Waals surface area contributed by atoms with Crippen LogP contribution in [-0.4, -0.2) is 19.5 Å². The third-order valence-electron chi connectivity index (χ3n) is 3.29. The Morgan fingerprint density at radius 3 is 2.76 bits per heavy atom. The highest BCUT2D eigenvalue weighted by Gasteiger charge is 2.40. The zero-order valence-corrected chi connectivity index (χ0v) is 12.3. The number of alkyl halides is 1. The molecule has 2 rings (SSSR count). The number of hydrogen-bond acceptors (Lipinski definition) is 2. The lowest BCUT2D eigenvalue weighted by Crippen LogP contribution is -2.24. The lowest BCUT2D eigenvalue weighted by Gasteiger charge is -2.13. The Hall–Kier alpha value is -0.250. The van der Waals surface area contributed by atoms with Crippen molar-refractivity contribution in [2.24, 2.45) is 5.41 Å². The average Bonchev–Trinajstić information content (AvgIpc) is 3.10. The van der Waals surface area contributed by atoms with E-state index in [1.807, 2.05) is 6.07 Å². The first-order valence-corrected chi connectivity index (χ1v) is 7.11. The van der Waals surface area contributed by atoms with Crippen LogP contribution in [0.2, 0.25) is 0 Å². The number of ether oxygens (including phenoxy) is 1. The molecule has 0 aliphatic heterocycles. The third-order valence-corrected chi connectivity index (χ3v) is 4.47. The van der Waals surface area contributed by atoms with Crippen LogP contribution in [0.1, 0.15) is 18.4 Å². The fourth-order valence-corrected chi connectivity index (χ4v) is 2.78. The van der Waals surface area contributed by atoms with E-state index < -0.39 is 0 Å². The van der Waals surface area contributed by atoms with Crippen molar-refractivity contribution in [3.63, 3.8) is 0 Å². The molecule has 0 saturated heterocycles. The second-order valence-electron chi connectivity index (χ2n) is 4.71. The van der Waals surface area contributed by atoms with Gasteiger partial charge in [0.15, 0.2) is 0 Å². The molecule has 4 heteroatoms. The van der Waals surface area contributed by atoms with Gasteiger partial charge in [-0.3, -0.25) is 0 Å². The number of benzene rings is 1. The number of hydrogen-bond donors (Lipinski definition) is 1. The first kappa shape index (κ1) is 13.2. The number of nitrogens with one attached hydrogen (secondary N) is 1. The van der Waals surface area contributed by atoms with Crippen LogP contribution in [0, 0.1) is 5.41 Å². The van der Waals surface area contributed by atoms with Crippen molar-refractivity contribution in [2.45, 2.75) is 19.4 Å². The first-order valence-electron chi connectivity index (χ1n) is 5.78. The Morgan fingerprint density at radius 2 is 2.24 bits per heavy atom. The van der Waals surface area contributed by atoms with E-state index in [1.165, 1.54) is 18.4 Å². The number of rotatable bonds is 6. The van der Waals surface area contributed by atoms with Gasteiger partial charge >= 0.3 is 0 Å². The van der Waals surface area contributed by atoms with Gasteiger partial charge in [-0.05, 0) is 51.9 Å². The molecule has 2 nitrogen and oxygen atoms in total. The Bertz CT molecular complexity index is 393. The lowest BCUT2D eigenvalue weighted by atomic mass is 10.1. The molecule has 0 bridgehead atoms. The quantitative estimate of drug-likeness (QED) is 0.810. The number of methoxy groups -OCH3 is 1. The highest BCUT2D eigenvalue weighted by atomic mass is 79.9. The lowest BCUT2D eigenvalue weighted by molar-refractivity contribution is 0.412. The molecule has 1 aliphatic carbocycles. The van der Waals surface area contributed by atoms with Crippen LogP contribution in [0.25, 0.3) is 0 Å². The highest BCUT2D eigenvalue weighted by molar-refractivity contribution is 9.10. The Kier molecular flexibility index (Phi) is 4.34. The minimum Gasteiger partial charge on any atom is -0.496 e. The standard InChI is InChI=1S/C13H17BrClNO/c1-17-12-3-2-10(6-11(12)14)7-16-9-13(8-15)4-5-13/h2-3,6,16H,4-5,7-9H2,1H3. The zero-order chi connectivity index (χ0) is 12.3. The highest BCUT2D eigenvalue weighted by Crippen LogP contribution is 2.45. The second kappa shape index (κ2) is 5.59. The molecular weight excluding hydrogens is 302 g/mol. The summed E-state index contributed by atoms with van der Waals surface area (Å²) in [5, 5.41) is 3.47. The largest absolute Gasteiger partial charge is 0.496 e. The first-order chi connectivity index (χ1) is 8.19. The predicted octanol–water partition coefficient (Wildman–Crippen LogP) is 3.57. The van der Waals surface area contributed by atoms with Gasteiger partial charge in [0.2, 0.25) is 0 Å². The van der Waals surface area contributed by atoms with Gasteiger partial charge in [-0.1, -0.05) is 6.07 Å². The predicted molar refractivity (Wildman–Crippen MR) is 74.8 cm³/mol. The van der Waals surface area contributed by atoms with E-state index in [-0.39, 0.29) is 0 Å². The molecule has 0 heterocycles. The van der Waals surface area contributed by atoms with Crippen molar-refractivity contribution in [2.75, 3.05) is 19.5 Å². The van der Waals surface area contributed by atoms with Gasteiger partial charge in [-0.2, -0.15) is 0 Å². The van der Waals surface area contributed by atoms with Crippen LogP contribution < -0.4 is 10.1 Å². The maximum Gasteiger partial charge on any atom is 0.133 e. The van der Waals surface area contributed by atoms with Crippen molar-refractivity contribution < 1.29 is 4.74 Å². The maximum absolute atomic E-state index is 5.94. The molecule has 1 aliphatic rings. The topological polar surface area (TPSA) is 21.3 Å². The van der Waals surface area contributed by atoms with E-state index in [2.05, 4.69) is 33.4 Å². The molecule has 0 unspecified atom stereocenters. The molecule has 17 heavy (non-hydrogen) atoms. The molecule has 0 atom stereocenters. The van der Waals surface area contributed by atoms with Gasteiger partial charge in [-0.25, -0.2) is 0 Å². The molecule has 1 fully saturated rings. The van der Waals surface area contributed by atoms with Crippen LogP contribution in [0.5, 0.6) is 5.75 Å². The van der Waals surface area contributed by atoms with Gasteiger partial charge in [0.05, 0.1) is 11.6 Å². The average molecular weight is 319 g/mol. The summed E-state index contributed by atoms with van der Waals surface area (Å²) in [5.41, 5.74) is 1.63. The van der Waals surface area contributed by atoms with Gasteiger partial charge < -0.3 is 10.1 Å². The van der Waals surface area contributed by atoms with Crippen molar-refractivity contribution in [1.82, 2.24) is 5.32 Å². The fourth-order valence-electron chi connectivity index (χ4n) is 1.83. The summed E-state index contributed by atoms with van der Waals surface area (Å²) in [6, 6.07) is 6.15. The van der Waals surface area contributed by atoms with E-state index in [9.17, 15) is 0 Å². The van der Waals surface area contributed by atoms with Gasteiger partial charge in [0.1, 0.15) is 5.75 Å². The van der Waals surface area contributed by atoms with Crippen LogP contribution in [0.3, 0.4) is 0 Å². The smallest absolute Gasteiger partial charge is 0.133 e. The molecule has 1 N–H and O–H groups in total. The Labute approximate surface area is 116 Å². The van der Waals surface area contributed by atoms with Crippen molar-refractivity contribution >= 4 is 27.5 Å². The molecule has 94 valence electrons. The van der Waals surface area contributed by atoms with Crippen molar-refractivity contribution in [1.29, 1.82) is 0 Å².